The molecule has 0 aliphatic carbocycles. The van der Waals surface area contributed by atoms with Crippen LogP contribution in [-0.2, 0) is 16.7 Å². The summed E-state index contributed by atoms with van der Waals surface area (Å²) in [5.74, 6) is 2.23. The van der Waals surface area contributed by atoms with Gasteiger partial charge in [0.2, 0.25) is 0 Å². The van der Waals surface area contributed by atoms with E-state index < -0.39 is 0 Å². The molecule has 0 saturated heterocycles. The number of hydrogen-bond donors (Lipinski definition) is 0. The largest absolute Gasteiger partial charge is 0.497 e. The van der Waals surface area contributed by atoms with Crippen molar-refractivity contribution < 1.29 is 14.2 Å². The first-order valence-corrected chi connectivity index (χ1v) is 11.8. The molecule has 6 nitrogen and oxygen atoms in total. The minimum absolute atomic E-state index is 0.000439. The molecule has 0 saturated carbocycles. The van der Waals surface area contributed by atoms with E-state index in [0.717, 1.165) is 22.6 Å². The van der Waals surface area contributed by atoms with Crippen molar-refractivity contribution in [3.05, 3.63) is 88.7 Å². The highest BCUT2D eigenvalue weighted by Gasteiger charge is 2.18. The van der Waals surface area contributed by atoms with Crippen LogP contribution < -0.4 is 15.0 Å². The first kappa shape index (κ1) is 24.5. The molecule has 3 aromatic carbocycles. The van der Waals surface area contributed by atoms with Crippen molar-refractivity contribution in [3.63, 3.8) is 0 Å². The molecular weight excluding hydrogens is 440 g/mol. The third-order valence-electron chi connectivity index (χ3n) is 5.85. The monoisotopic (exact) mass is 472 g/mol. The summed E-state index contributed by atoms with van der Waals surface area (Å²) in [6.07, 6.45) is 0. The summed E-state index contributed by atoms with van der Waals surface area (Å²) in [5, 5.41) is 0.590. The second-order valence-electron chi connectivity index (χ2n) is 9.34. The smallest absolute Gasteiger partial charge is 0.261 e. The fraction of sp³-hybridized carbons (Fsp3) is 0.310. The Bertz CT molecular complexity index is 1340. The van der Waals surface area contributed by atoms with Crippen LogP contribution in [0.15, 0.2) is 77.6 Å². The van der Waals surface area contributed by atoms with Crippen LogP contribution in [0.3, 0.4) is 0 Å². The lowest BCUT2D eigenvalue weighted by Gasteiger charge is -2.22. The second-order valence-corrected chi connectivity index (χ2v) is 9.34. The van der Waals surface area contributed by atoms with Gasteiger partial charge in [-0.3, -0.25) is 9.36 Å². The fourth-order valence-electron chi connectivity index (χ4n) is 4.02. The SMILES string of the molecule is COc1ccc(-c2nc3ccccc3c(=O)n2CCOCCOc2ccccc2C(C)(C)C)cc1. The number of nitrogens with zero attached hydrogens (tertiary/aromatic N) is 2. The standard InChI is InChI=1S/C29H32N2O4/c1-29(2,3)24-10-6-8-12-26(24)35-20-19-34-18-17-31-27(21-13-15-22(33-4)16-14-21)30-25-11-7-5-9-23(25)28(31)32/h5-16H,17-20H2,1-4H3. The van der Waals surface area contributed by atoms with Gasteiger partial charge >= 0.3 is 0 Å². The lowest BCUT2D eigenvalue weighted by Crippen LogP contribution is -2.26. The maximum absolute atomic E-state index is 13.3. The Kier molecular flexibility index (Phi) is 7.51. The summed E-state index contributed by atoms with van der Waals surface area (Å²) in [5.41, 5.74) is 2.60. The third kappa shape index (κ3) is 5.72. The van der Waals surface area contributed by atoms with Gasteiger partial charge in [0.1, 0.15) is 23.9 Å². The highest BCUT2D eigenvalue weighted by molar-refractivity contribution is 5.79. The number of benzene rings is 3. The number of aromatic nitrogens is 2. The lowest BCUT2D eigenvalue weighted by atomic mass is 9.86. The van der Waals surface area contributed by atoms with Crippen molar-refractivity contribution in [3.8, 4) is 22.9 Å². The van der Waals surface area contributed by atoms with Gasteiger partial charge < -0.3 is 14.2 Å². The molecule has 0 radical (unpaired) electrons. The van der Waals surface area contributed by atoms with E-state index in [-0.39, 0.29) is 11.0 Å². The van der Waals surface area contributed by atoms with Crippen LogP contribution in [-0.4, -0.2) is 36.5 Å². The summed E-state index contributed by atoms with van der Waals surface area (Å²) < 4.78 is 18.8. The van der Waals surface area contributed by atoms with Gasteiger partial charge in [-0.15, -0.1) is 0 Å². The van der Waals surface area contributed by atoms with Crippen LogP contribution in [0.5, 0.6) is 11.5 Å². The van der Waals surface area contributed by atoms with Crippen LogP contribution in [0, 0.1) is 0 Å². The first-order chi connectivity index (χ1) is 16.9. The van der Waals surface area contributed by atoms with E-state index in [9.17, 15) is 4.79 Å². The molecule has 4 aromatic rings. The molecule has 1 heterocycles. The van der Waals surface area contributed by atoms with Crippen molar-refractivity contribution >= 4 is 10.9 Å². The van der Waals surface area contributed by atoms with Crippen LogP contribution in [0.25, 0.3) is 22.3 Å². The third-order valence-corrected chi connectivity index (χ3v) is 5.85. The maximum atomic E-state index is 13.3. The molecule has 35 heavy (non-hydrogen) atoms. The van der Waals surface area contributed by atoms with Gasteiger partial charge in [0.25, 0.3) is 5.56 Å². The summed E-state index contributed by atoms with van der Waals surface area (Å²) in [6, 6.07) is 23.0. The Morgan fingerprint density at radius 3 is 2.31 bits per heavy atom. The highest BCUT2D eigenvalue weighted by Crippen LogP contribution is 2.30. The zero-order chi connectivity index (χ0) is 24.8. The van der Waals surface area contributed by atoms with Crippen molar-refractivity contribution in [2.75, 3.05) is 26.9 Å². The van der Waals surface area contributed by atoms with Crippen molar-refractivity contribution in [1.82, 2.24) is 9.55 Å². The predicted octanol–water partition coefficient (Wildman–Crippen LogP) is 5.47. The minimum atomic E-state index is -0.0830. The lowest BCUT2D eigenvalue weighted by molar-refractivity contribution is 0.0934. The molecule has 0 amide bonds. The van der Waals surface area contributed by atoms with Gasteiger partial charge in [0, 0.05) is 5.56 Å². The van der Waals surface area contributed by atoms with E-state index >= 15 is 0 Å². The average Bonchev–Trinajstić information content (AvgIpc) is 2.87. The Morgan fingerprint density at radius 2 is 1.57 bits per heavy atom. The van der Waals surface area contributed by atoms with E-state index in [1.807, 2.05) is 60.7 Å². The molecule has 0 bridgehead atoms. The van der Waals surface area contributed by atoms with Crippen molar-refractivity contribution in [1.29, 1.82) is 0 Å². The average molecular weight is 473 g/mol. The summed E-state index contributed by atoms with van der Waals surface area (Å²) in [7, 11) is 1.63. The van der Waals surface area contributed by atoms with Crippen LogP contribution in [0.1, 0.15) is 26.3 Å². The fourth-order valence-corrected chi connectivity index (χ4v) is 4.02. The molecule has 6 heteroatoms. The molecule has 4 rings (SSSR count). The van der Waals surface area contributed by atoms with Crippen LogP contribution in [0.4, 0.5) is 0 Å². The number of hydrogen-bond acceptors (Lipinski definition) is 5. The Balaban J connectivity index is 1.45. The van der Waals surface area contributed by atoms with E-state index in [1.165, 1.54) is 0 Å². The van der Waals surface area contributed by atoms with Crippen LogP contribution >= 0.6 is 0 Å². The number of methoxy groups -OCH3 is 1. The molecule has 0 N–H and O–H groups in total. The van der Waals surface area contributed by atoms with Gasteiger partial charge in [-0.05, 0) is 53.4 Å². The Morgan fingerprint density at radius 1 is 0.857 bits per heavy atom. The van der Waals surface area contributed by atoms with E-state index in [1.54, 1.807) is 17.7 Å². The minimum Gasteiger partial charge on any atom is -0.497 e. The molecular formula is C29H32N2O4. The molecule has 0 aliphatic heterocycles. The van der Waals surface area contributed by atoms with Gasteiger partial charge in [0.15, 0.2) is 0 Å². The highest BCUT2D eigenvalue weighted by atomic mass is 16.5. The molecule has 0 unspecified atom stereocenters. The maximum Gasteiger partial charge on any atom is 0.261 e. The number of ether oxygens (including phenoxy) is 3. The normalized spacial score (nSPS) is 11.5. The first-order valence-electron chi connectivity index (χ1n) is 11.8. The molecule has 1 aromatic heterocycles. The van der Waals surface area contributed by atoms with E-state index in [0.29, 0.717) is 43.1 Å². The molecule has 0 atom stereocenters. The summed E-state index contributed by atoms with van der Waals surface area (Å²) in [4.78, 5) is 18.1. The molecule has 0 spiro atoms. The molecule has 182 valence electrons. The van der Waals surface area contributed by atoms with E-state index in [4.69, 9.17) is 19.2 Å². The van der Waals surface area contributed by atoms with Gasteiger partial charge in [-0.25, -0.2) is 4.98 Å². The molecule has 0 fully saturated rings. The van der Waals surface area contributed by atoms with Crippen molar-refractivity contribution in [2.45, 2.75) is 32.7 Å². The quantitative estimate of drug-likeness (QED) is 0.303. The summed E-state index contributed by atoms with van der Waals surface area (Å²) in [6.45, 7) is 8.11. The number of para-hydroxylation sites is 2. The molecule has 0 aliphatic rings. The van der Waals surface area contributed by atoms with E-state index in [2.05, 4.69) is 26.8 Å². The Hall–Kier alpha value is -3.64. The zero-order valence-corrected chi connectivity index (χ0v) is 20.8. The second kappa shape index (κ2) is 10.7. The number of fused-ring (bicyclic) bond motifs is 1. The predicted molar refractivity (Wildman–Crippen MR) is 139 cm³/mol. The van der Waals surface area contributed by atoms with Gasteiger partial charge in [-0.2, -0.15) is 0 Å². The van der Waals surface area contributed by atoms with Gasteiger partial charge in [-0.1, -0.05) is 51.1 Å². The van der Waals surface area contributed by atoms with Crippen LogP contribution in [0.2, 0.25) is 0 Å². The summed E-state index contributed by atoms with van der Waals surface area (Å²) >= 11 is 0. The topological polar surface area (TPSA) is 62.6 Å². The van der Waals surface area contributed by atoms with Gasteiger partial charge in [0.05, 0.1) is 37.8 Å². The zero-order valence-electron chi connectivity index (χ0n) is 20.8. The Labute approximate surface area is 206 Å². The van der Waals surface area contributed by atoms with Crippen molar-refractivity contribution in [2.24, 2.45) is 0 Å². The number of rotatable bonds is 9.